The summed E-state index contributed by atoms with van der Waals surface area (Å²) in [6.07, 6.45) is 7.27. The Balaban J connectivity index is 1.91. The number of thiazole rings is 1. The number of nitrogens with zero attached hydrogens (tertiary/aromatic N) is 1. The number of carbonyl (C=O) groups excluding carboxylic acids is 1. The fourth-order valence-corrected chi connectivity index (χ4v) is 3.65. The fourth-order valence-electron chi connectivity index (χ4n) is 2.90. The van der Waals surface area contributed by atoms with Crippen LogP contribution in [-0.2, 0) is 11.3 Å². The van der Waals surface area contributed by atoms with Crippen LogP contribution in [0.15, 0.2) is 6.20 Å². The largest absolute Gasteiger partial charge is 0.444 e. The van der Waals surface area contributed by atoms with Crippen molar-refractivity contribution < 1.29 is 9.53 Å². The molecule has 1 heterocycles. The van der Waals surface area contributed by atoms with Crippen LogP contribution in [0.3, 0.4) is 0 Å². The molecule has 1 amide bonds. The number of alkyl carbamates (subject to hydrolysis) is 1. The van der Waals surface area contributed by atoms with Crippen LogP contribution in [0.25, 0.3) is 0 Å². The van der Waals surface area contributed by atoms with Crippen LogP contribution in [0.2, 0.25) is 0 Å². The van der Waals surface area contributed by atoms with E-state index in [4.69, 9.17) is 4.74 Å². The van der Waals surface area contributed by atoms with Gasteiger partial charge in [0.1, 0.15) is 5.60 Å². The van der Waals surface area contributed by atoms with Crippen molar-refractivity contribution in [2.75, 3.05) is 0 Å². The maximum absolute atomic E-state index is 12.1. The molecule has 1 fully saturated rings. The predicted molar refractivity (Wildman–Crippen MR) is 93.7 cm³/mol. The lowest BCUT2D eigenvalue weighted by molar-refractivity contribution is 0.0489. The first-order valence-corrected chi connectivity index (χ1v) is 9.29. The van der Waals surface area contributed by atoms with E-state index in [-0.39, 0.29) is 18.2 Å². The summed E-state index contributed by atoms with van der Waals surface area (Å²) < 4.78 is 5.41. The Hall–Kier alpha value is -1.14. The Kier molecular flexibility index (Phi) is 6.41. The normalized spacial score (nSPS) is 22.4. The number of carbonyl (C=O) groups is 1. The molecule has 2 unspecified atom stereocenters. The molecule has 2 rings (SSSR count). The summed E-state index contributed by atoms with van der Waals surface area (Å²) in [5, 5.41) is 7.77. The van der Waals surface area contributed by atoms with E-state index in [0.29, 0.717) is 0 Å². The molecule has 2 atom stereocenters. The molecule has 5 nitrogen and oxygen atoms in total. The van der Waals surface area contributed by atoms with E-state index in [0.717, 1.165) is 30.8 Å². The molecule has 1 aromatic rings. The van der Waals surface area contributed by atoms with Gasteiger partial charge < -0.3 is 15.4 Å². The molecule has 0 saturated heterocycles. The van der Waals surface area contributed by atoms with Crippen molar-refractivity contribution in [1.82, 2.24) is 15.6 Å². The monoisotopic (exact) mass is 339 g/mol. The van der Waals surface area contributed by atoms with Crippen molar-refractivity contribution in [2.24, 2.45) is 0 Å². The number of aromatic nitrogens is 1. The van der Waals surface area contributed by atoms with E-state index < -0.39 is 5.60 Å². The first-order chi connectivity index (χ1) is 10.8. The molecule has 0 aromatic carbocycles. The van der Waals surface area contributed by atoms with E-state index in [1.165, 1.54) is 17.7 Å². The van der Waals surface area contributed by atoms with Crippen LogP contribution in [-0.4, -0.2) is 28.8 Å². The quantitative estimate of drug-likeness (QED) is 0.820. The van der Waals surface area contributed by atoms with Gasteiger partial charge in [-0.15, -0.1) is 11.3 Å². The molecule has 0 spiro atoms. The number of amides is 1. The summed E-state index contributed by atoms with van der Waals surface area (Å²) in [7, 11) is 0. The molecular weight excluding hydrogens is 310 g/mol. The van der Waals surface area contributed by atoms with Crippen molar-refractivity contribution in [3.05, 3.63) is 16.1 Å². The third-order valence-electron chi connectivity index (χ3n) is 3.93. The highest BCUT2D eigenvalue weighted by molar-refractivity contribution is 7.11. The number of hydrogen-bond acceptors (Lipinski definition) is 5. The number of hydrogen-bond donors (Lipinski definition) is 2. The molecule has 1 aliphatic rings. The summed E-state index contributed by atoms with van der Waals surface area (Å²) in [6.45, 7) is 8.50. The van der Waals surface area contributed by atoms with Crippen molar-refractivity contribution in [3.63, 3.8) is 0 Å². The van der Waals surface area contributed by atoms with Gasteiger partial charge in [0.15, 0.2) is 0 Å². The Morgan fingerprint density at radius 2 is 2.00 bits per heavy atom. The Bertz CT molecular complexity index is 510. The summed E-state index contributed by atoms with van der Waals surface area (Å²) in [6, 6.07) is 0.411. The highest BCUT2D eigenvalue weighted by atomic mass is 32.1. The smallest absolute Gasteiger partial charge is 0.407 e. The van der Waals surface area contributed by atoms with E-state index in [1.54, 1.807) is 11.3 Å². The average Bonchev–Trinajstić information content (AvgIpc) is 2.72. The topological polar surface area (TPSA) is 63.2 Å². The molecule has 2 N–H and O–H groups in total. The van der Waals surface area contributed by atoms with Gasteiger partial charge in [-0.25, -0.2) is 9.78 Å². The van der Waals surface area contributed by atoms with Gasteiger partial charge in [0, 0.05) is 29.7 Å². The summed E-state index contributed by atoms with van der Waals surface area (Å²) >= 11 is 1.72. The Morgan fingerprint density at radius 1 is 1.30 bits per heavy atom. The van der Waals surface area contributed by atoms with Crippen molar-refractivity contribution in [1.29, 1.82) is 0 Å². The van der Waals surface area contributed by atoms with Crippen molar-refractivity contribution in [2.45, 2.75) is 84.0 Å². The minimum absolute atomic E-state index is 0.126. The van der Waals surface area contributed by atoms with Crippen molar-refractivity contribution >= 4 is 17.4 Å². The molecular formula is C17H29N3O2S. The lowest BCUT2D eigenvalue weighted by atomic mass is 10.0. The second kappa shape index (κ2) is 8.11. The van der Waals surface area contributed by atoms with Gasteiger partial charge in [0.05, 0.1) is 5.01 Å². The van der Waals surface area contributed by atoms with Gasteiger partial charge in [-0.1, -0.05) is 19.3 Å². The zero-order chi connectivity index (χ0) is 16.9. The van der Waals surface area contributed by atoms with Gasteiger partial charge in [-0.2, -0.15) is 0 Å². The van der Waals surface area contributed by atoms with E-state index in [1.807, 2.05) is 33.9 Å². The van der Waals surface area contributed by atoms with Crippen LogP contribution < -0.4 is 10.6 Å². The van der Waals surface area contributed by atoms with E-state index >= 15 is 0 Å². The lowest BCUT2D eigenvalue weighted by Crippen LogP contribution is -2.50. The SMILES string of the molecule is Cc1ncc(CNC2CCCCCC2NC(=O)OC(C)(C)C)s1. The van der Waals surface area contributed by atoms with Gasteiger partial charge in [0.25, 0.3) is 0 Å². The van der Waals surface area contributed by atoms with E-state index in [2.05, 4.69) is 15.6 Å². The Labute approximate surface area is 143 Å². The lowest BCUT2D eigenvalue weighted by Gasteiger charge is -2.28. The summed E-state index contributed by atoms with van der Waals surface area (Å²) in [4.78, 5) is 17.6. The van der Waals surface area contributed by atoms with Gasteiger partial charge >= 0.3 is 6.09 Å². The van der Waals surface area contributed by atoms with E-state index in [9.17, 15) is 4.79 Å². The highest BCUT2D eigenvalue weighted by Crippen LogP contribution is 2.20. The second-order valence-electron chi connectivity index (χ2n) is 7.22. The third-order valence-corrected chi connectivity index (χ3v) is 4.84. The number of rotatable bonds is 4. The average molecular weight is 340 g/mol. The van der Waals surface area contributed by atoms with Gasteiger partial charge in [-0.05, 0) is 40.5 Å². The van der Waals surface area contributed by atoms with Crippen LogP contribution in [0.5, 0.6) is 0 Å². The van der Waals surface area contributed by atoms with Crippen molar-refractivity contribution in [3.8, 4) is 0 Å². The van der Waals surface area contributed by atoms with Crippen LogP contribution in [0, 0.1) is 6.92 Å². The molecule has 0 radical (unpaired) electrons. The number of aryl methyl sites for hydroxylation is 1. The molecule has 6 heteroatoms. The first-order valence-electron chi connectivity index (χ1n) is 8.48. The van der Waals surface area contributed by atoms with Crippen LogP contribution >= 0.6 is 11.3 Å². The Morgan fingerprint density at radius 3 is 2.61 bits per heavy atom. The zero-order valence-electron chi connectivity index (χ0n) is 14.6. The number of ether oxygens (including phenoxy) is 1. The summed E-state index contributed by atoms with van der Waals surface area (Å²) in [5.41, 5.74) is -0.460. The van der Waals surface area contributed by atoms with Crippen LogP contribution in [0.1, 0.15) is 62.8 Å². The maximum atomic E-state index is 12.1. The fraction of sp³-hybridized carbons (Fsp3) is 0.765. The first kappa shape index (κ1) is 18.2. The third kappa shape index (κ3) is 6.47. The molecule has 0 aliphatic heterocycles. The molecule has 1 aliphatic carbocycles. The minimum Gasteiger partial charge on any atom is -0.444 e. The minimum atomic E-state index is -0.460. The number of nitrogens with one attached hydrogen (secondary N) is 2. The van der Waals surface area contributed by atoms with Gasteiger partial charge in [0.2, 0.25) is 0 Å². The second-order valence-corrected chi connectivity index (χ2v) is 8.54. The molecule has 23 heavy (non-hydrogen) atoms. The highest BCUT2D eigenvalue weighted by Gasteiger charge is 2.27. The molecule has 130 valence electrons. The van der Waals surface area contributed by atoms with Gasteiger partial charge in [-0.3, -0.25) is 0 Å². The standard InChI is InChI=1S/C17H29N3O2S/c1-12-18-10-13(23-12)11-19-14-8-6-5-7-9-15(14)20-16(21)22-17(2,3)4/h10,14-15,19H,5-9,11H2,1-4H3,(H,20,21). The van der Waals surface area contributed by atoms with Crippen LogP contribution in [0.4, 0.5) is 4.79 Å². The summed E-state index contributed by atoms with van der Waals surface area (Å²) in [5.74, 6) is 0. The predicted octanol–water partition coefficient (Wildman–Crippen LogP) is 3.77. The molecule has 0 bridgehead atoms. The molecule has 1 aromatic heterocycles. The zero-order valence-corrected chi connectivity index (χ0v) is 15.5. The molecule has 1 saturated carbocycles. The maximum Gasteiger partial charge on any atom is 0.407 e.